The summed E-state index contributed by atoms with van der Waals surface area (Å²) in [6.45, 7) is 5.79. The second kappa shape index (κ2) is 10.6. The highest BCUT2D eigenvalue weighted by Crippen LogP contribution is 2.25. The summed E-state index contributed by atoms with van der Waals surface area (Å²) in [6.07, 6.45) is 0.785. The molecule has 35 heavy (non-hydrogen) atoms. The maximum absolute atomic E-state index is 13.3. The van der Waals surface area contributed by atoms with Gasteiger partial charge in [0, 0.05) is 56.6 Å². The van der Waals surface area contributed by atoms with E-state index in [1.807, 2.05) is 5.38 Å². The lowest BCUT2D eigenvalue weighted by Crippen LogP contribution is -2.43. The third-order valence-corrected chi connectivity index (χ3v) is 7.19. The van der Waals surface area contributed by atoms with Crippen LogP contribution in [0.4, 0.5) is 4.39 Å². The molecule has 0 atom stereocenters. The van der Waals surface area contributed by atoms with Crippen molar-refractivity contribution in [1.29, 1.82) is 0 Å². The molecule has 2 N–H and O–H groups in total. The molecule has 1 saturated heterocycles. The molecule has 2 aromatic carbocycles. The Labute approximate surface area is 208 Å². The van der Waals surface area contributed by atoms with Gasteiger partial charge < -0.3 is 15.2 Å². The summed E-state index contributed by atoms with van der Waals surface area (Å²) in [6, 6.07) is 13.0. The van der Waals surface area contributed by atoms with Gasteiger partial charge in [-0.1, -0.05) is 18.2 Å². The van der Waals surface area contributed by atoms with Gasteiger partial charge in [-0.2, -0.15) is 0 Å². The van der Waals surface area contributed by atoms with Gasteiger partial charge in [-0.05, 0) is 36.9 Å². The number of nitrogens with one attached hydrogen (secondary N) is 2. The molecule has 1 aliphatic rings. The standard InChI is InChI=1S/C26H29FN6OS/c1-32-9-11-33(12-10-32)16-18-3-2-4-19(13-18)26-29-21(17-35-26)15-25(34)28-8-7-24-30-22-6-5-20(27)14-23(22)31-24/h2-6,13-14,17H,7-12,15-16H2,1H3,(H,28,34)(H,30,31). The van der Waals surface area contributed by atoms with Gasteiger partial charge in [0.15, 0.2) is 0 Å². The zero-order valence-corrected chi connectivity index (χ0v) is 20.6. The van der Waals surface area contributed by atoms with Crippen LogP contribution in [0.1, 0.15) is 17.1 Å². The average molecular weight is 493 g/mol. The van der Waals surface area contributed by atoms with E-state index in [1.165, 1.54) is 17.7 Å². The zero-order chi connectivity index (χ0) is 24.2. The van der Waals surface area contributed by atoms with Crippen LogP contribution in [0.25, 0.3) is 21.6 Å². The summed E-state index contributed by atoms with van der Waals surface area (Å²) >= 11 is 1.57. The molecule has 0 bridgehead atoms. The summed E-state index contributed by atoms with van der Waals surface area (Å²) in [5.74, 6) is 0.344. The van der Waals surface area contributed by atoms with Crippen LogP contribution in [-0.2, 0) is 24.2 Å². The summed E-state index contributed by atoms with van der Waals surface area (Å²) in [7, 11) is 2.17. The number of aromatic amines is 1. The number of halogens is 1. The van der Waals surface area contributed by atoms with Crippen molar-refractivity contribution in [2.75, 3.05) is 39.8 Å². The molecule has 1 amide bonds. The van der Waals surface area contributed by atoms with Gasteiger partial charge >= 0.3 is 0 Å². The van der Waals surface area contributed by atoms with Crippen molar-refractivity contribution in [3.8, 4) is 10.6 Å². The Morgan fingerprint density at radius 3 is 2.86 bits per heavy atom. The first-order valence-corrected chi connectivity index (χ1v) is 12.8. The van der Waals surface area contributed by atoms with Crippen molar-refractivity contribution in [3.63, 3.8) is 0 Å². The number of nitrogens with zero attached hydrogens (tertiary/aromatic N) is 4. The van der Waals surface area contributed by atoms with Gasteiger partial charge in [0.1, 0.15) is 16.6 Å². The van der Waals surface area contributed by atoms with E-state index in [9.17, 15) is 9.18 Å². The number of rotatable bonds is 8. The number of carbonyl (C=O) groups excluding carboxylic acids is 1. The van der Waals surface area contributed by atoms with E-state index in [-0.39, 0.29) is 18.1 Å². The van der Waals surface area contributed by atoms with Gasteiger partial charge in [-0.25, -0.2) is 14.4 Å². The van der Waals surface area contributed by atoms with E-state index in [0.717, 1.165) is 60.3 Å². The van der Waals surface area contributed by atoms with Crippen molar-refractivity contribution in [2.45, 2.75) is 19.4 Å². The van der Waals surface area contributed by atoms with Crippen LogP contribution >= 0.6 is 11.3 Å². The third kappa shape index (κ3) is 6.11. The fourth-order valence-corrected chi connectivity index (χ4v) is 5.10. The van der Waals surface area contributed by atoms with Crippen LogP contribution in [-0.4, -0.2) is 70.4 Å². The molecular weight excluding hydrogens is 463 g/mol. The van der Waals surface area contributed by atoms with Gasteiger partial charge in [-0.3, -0.25) is 9.69 Å². The molecule has 9 heteroatoms. The summed E-state index contributed by atoms with van der Waals surface area (Å²) in [5, 5.41) is 5.81. The monoisotopic (exact) mass is 492 g/mol. The minimum Gasteiger partial charge on any atom is -0.355 e. The number of benzene rings is 2. The normalized spacial score (nSPS) is 15.0. The minimum atomic E-state index is -0.301. The molecule has 0 aliphatic carbocycles. The van der Waals surface area contributed by atoms with Gasteiger partial charge in [0.05, 0.1) is 23.1 Å². The number of imidazole rings is 1. The van der Waals surface area contributed by atoms with Crippen molar-refractivity contribution >= 4 is 28.3 Å². The number of hydrogen-bond acceptors (Lipinski definition) is 6. The third-order valence-electron chi connectivity index (χ3n) is 6.25. The number of amides is 1. The first-order chi connectivity index (χ1) is 17.0. The lowest BCUT2D eigenvalue weighted by atomic mass is 10.1. The fourth-order valence-electron chi connectivity index (χ4n) is 4.29. The largest absolute Gasteiger partial charge is 0.355 e. The molecule has 5 rings (SSSR count). The zero-order valence-electron chi connectivity index (χ0n) is 19.8. The number of piperazine rings is 1. The van der Waals surface area contributed by atoms with Crippen LogP contribution in [0.2, 0.25) is 0 Å². The van der Waals surface area contributed by atoms with Crippen LogP contribution in [0.5, 0.6) is 0 Å². The molecule has 4 aromatic rings. The van der Waals surface area contributed by atoms with E-state index >= 15 is 0 Å². The predicted octanol–water partition coefficient (Wildman–Crippen LogP) is 3.47. The predicted molar refractivity (Wildman–Crippen MR) is 137 cm³/mol. The van der Waals surface area contributed by atoms with E-state index in [0.29, 0.717) is 18.5 Å². The van der Waals surface area contributed by atoms with Crippen LogP contribution in [0.15, 0.2) is 47.8 Å². The first-order valence-electron chi connectivity index (χ1n) is 11.9. The molecule has 2 aromatic heterocycles. The number of thiazole rings is 1. The molecule has 1 aliphatic heterocycles. The molecule has 0 unspecified atom stereocenters. The Morgan fingerprint density at radius 2 is 2.00 bits per heavy atom. The van der Waals surface area contributed by atoms with Crippen molar-refractivity contribution < 1.29 is 9.18 Å². The molecule has 0 spiro atoms. The highest BCUT2D eigenvalue weighted by molar-refractivity contribution is 7.13. The first kappa shape index (κ1) is 23.6. The smallest absolute Gasteiger partial charge is 0.226 e. The van der Waals surface area contributed by atoms with Gasteiger partial charge in [0.2, 0.25) is 5.91 Å². The van der Waals surface area contributed by atoms with E-state index < -0.39 is 0 Å². The van der Waals surface area contributed by atoms with Crippen LogP contribution in [0, 0.1) is 5.82 Å². The Morgan fingerprint density at radius 1 is 1.14 bits per heavy atom. The molecule has 7 nitrogen and oxygen atoms in total. The molecule has 182 valence electrons. The maximum atomic E-state index is 13.3. The number of carbonyl (C=O) groups is 1. The second-order valence-corrected chi connectivity index (χ2v) is 9.90. The molecule has 3 heterocycles. The Balaban J connectivity index is 1.12. The van der Waals surface area contributed by atoms with Gasteiger partial charge in [-0.15, -0.1) is 11.3 Å². The molecule has 0 radical (unpaired) electrons. The lowest BCUT2D eigenvalue weighted by Gasteiger charge is -2.32. The topological polar surface area (TPSA) is 77.2 Å². The quantitative estimate of drug-likeness (QED) is 0.394. The van der Waals surface area contributed by atoms with Crippen LogP contribution in [0.3, 0.4) is 0 Å². The van der Waals surface area contributed by atoms with E-state index in [4.69, 9.17) is 4.98 Å². The molecular formula is C26H29FN6OS. The fraction of sp³-hybridized carbons (Fsp3) is 0.346. The van der Waals surface area contributed by atoms with Crippen LogP contribution < -0.4 is 5.32 Å². The highest BCUT2D eigenvalue weighted by atomic mass is 32.1. The Hall–Kier alpha value is -3.14. The van der Waals surface area contributed by atoms with E-state index in [1.54, 1.807) is 17.4 Å². The summed E-state index contributed by atoms with van der Waals surface area (Å²) < 4.78 is 13.3. The SMILES string of the molecule is CN1CCN(Cc2cccc(-c3nc(CC(=O)NCCc4nc5ccc(F)cc5[nH]4)cs3)c2)CC1. The van der Waals surface area contributed by atoms with Crippen molar-refractivity contribution in [3.05, 3.63) is 70.7 Å². The van der Waals surface area contributed by atoms with E-state index in [2.05, 4.69) is 56.4 Å². The molecule has 0 saturated carbocycles. The number of fused-ring (bicyclic) bond motifs is 1. The lowest BCUT2D eigenvalue weighted by molar-refractivity contribution is -0.120. The Bertz CT molecular complexity index is 1310. The number of hydrogen-bond donors (Lipinski definition) is 2. The number of aromatic nitrogens is 3. The highest BCUT2D eigenvalue weighted by Gasteiger charge is 2.15. The van der Waals surface area contributed by atoms with Crippen molar-refractivity contribution in [2.24, 2.45) is 0 Å². The minimum absolute atomic E-state index is 0.0761. The second-order valence-electron chi connectivity index (χ2n) is 9.05. The average Bonchev–Trinajstić information content (AvgIpc) is 3.47. The van der Waals surface area contributed by atoms with Gasteiger partial charge in [0.25, 0.3) is 0 Å². The maximum Gasteiger partial charge on any atom is 0.226 e. The Kier molecular flexibility index (Phi) is 7.17. The number of H-pyrrole nitrogens is 1. The molecule has 1 fully saturated rings. The number of likely N-dealkylation sites (N-methyl/N-ethyl adjacent to an activating group) is 1. The summed E-state index contributed by atoms with van der Waals surface area (Å²) in [4.78, 5) is 29.5. The summed E-state index contributed by atoms with van der Waals surface area (Å²) in [5.41, 5.74) is 4.53. The van der Waals surface area contributed by atoms with Crippen molar-refractivity contribution in [1.82, 2.24) is 30.1 Å².